The molecule has 3 heteroatoms. The van der Waals surface area contributed by atoms with Crippen molar-refractivity contribution in [2.45, 2.75) is 0 Å². The number of hydrogen-bond donors (Lipinski definition) is 0. The largest absolute Gasteiger partial charge is 0.310 e. The first kappa shape index (κ1) is 31.6. The molecule has 0 atom stereocenters. The van der Waals surface area contributed by atoms with E-state index in [4.69, 9.17) is 0 Å². The van der Waals surface area contributed by atoms with Gasteiger partial charge >= 0.3 is 0 Å². The Morgan fingerprint density at radius 1 is 0.327 bits per heavy atom. The summed E-state index contributed by atoms with van der Waals surface area (Å²) >= 11 is 1.86. The van der Waals surface area contributed by atoms with E-state index in [0.717, 1.165) is 22.7 Å². The summed E-state index contributed by atoms with van der Waals surface area (Å²) in [5.74, 6) is 0. The molecule has 2 nitrogen and oxygen atoms in total. The fourth-order valence-corrected chi connectivity index (χ4v) is 9.44. The predicted molar refractivity (Wildman–Crippen MR) is 237 cm³/mol. The minimum atomic E-state index is 1.12. The van der Waals surface area contributed by atoms with Gasteiger partial charge in [-0.3, -0.25) is 0 Å². The van der Waals surface area contributed by atoms with Crippen LogP contribution in [-0.4, -0.2) is 4.57 Å². The third-order valence-electron chi connectivity index (χ3n) is 11.0. The van der Waals surface area contributed by atoms with E-state index in [9.17, 15) is 0 Å². The van der Waals surface area contributed by atoms with Crippen LogP contribution >= 0.6 is 11.3 Å². The molecule has 2 heterocycles. The van der Waals surface area contributed by atoms with Crippen molar-refractivity contribution in [3.8, 4) is 27.9 Å². The molecule has 258 valence electrons. The van der Waals surface area contributed by atoms with Crippen molar-refractivity contribution in [3.63, 3.8) is 0 Å². The van der Waals surface area contributed by atoms with Gasteiger partial charge in [-0.15, -0.1) is 11.3 Å². The molecule has 0 saturated carbocycles. The second-order valence-corrected chi connectivity index (χ2v) is 15.3. The van der Waals surface area contributed by atoms with Crippen LogP contribution in [0.1, 0.15) is 0 Å². The maximum Gasteiger partial charge on any atom is 0.0547 e. The Kier molecular flexibility index (Phi) is 7.39. The van der Waals surface area contributed by atoms with Crippen LogP contribution in [0.15, 0.2) is 206 Å². The summed E-state index contributed by atoms with van der Waals surface area (Å²) in [6.45, 7) is 0. The lowest BCUT2D eigenvalue weighted by atomic mass is 10.0. The van der Waals surface area contributed by atoms with Crippen LogP contribution in [-0.2, 0) is 0 Å². The molecule has 2 aromatic heterocycles. The molecular formula is C52H34N2S. The SMILES string of the molecule is c1ccc(-c2ccc(-n3c4ccccc4c4ccc(-c5cccc(N(c6ccc7ccccc7c6)c6ccc7c(c6)sc6ccccc67)c5)cc43)cc2)cc1. The van der Waals surface area contributed by atoms with Crippen LogP contribution in [0.3, 0.4) is 0 Å². The van der Waals surface area contributed by atoms with E-state index in [-0.39, 0.29) is 0 Å². The van der Waals surface area contributed by atoms with Crippen molar-refractivity contribution in [3.05, 3.63) is 206 Å². The van der Waals surface area contributed by atoms with Crippen LogP contribution in [0, 0.1) is 0 Å². The van der Waals surface area contributed by atoms with Gasteiger partial charge in [-0.2, -0.15) is 0 Å². The monoisotopic (exact) mass is 718 g/mol. The highest BCUT2D eigenvalue weighted by Gasteiger charge is 2.18. The van der Waals surface area contributed by atoms with Gasteiger partial charge in [0.25, 0.3) is 0 Å². The summed E-state index contributed by atoms with van der Waals surface area (Å²) in [7, 11) is 0. The zero-order valence-corrected chi connectivity index (χ0v) is 30.7. The third-order valence-corrected chi connectivity index (χ3v) is 12.1. The number of hydrogen-bond acceptors (Lipinski definition) is 2. The third kappa shape index (κ3) is 5.40. The molecule has 11 rings (SSSR count). The van der Waals surface area contributed by atoms with Crippen LogP contribution in [0.2, 0.25) is 0 Å². The Morgan fingerprint density at radius 2 is 0.927 bits per heavy atom. The number of fused-ring (bicyclic) bond motifs is 7. The van der Waals surface area contributed by atoms with Gasteiger partial charge < -0.3 is 9.47 Å². The molecule has 0 bridgehead atoms. The molecule has 0 aliphatic rings. The summed E-state index contributed by atoms with van der Waals surface area (Å²) in [5, 5.41) is 7.57. The van der Waals surface area contributed by atoms with Gasteiger partial charge in [0, 0.05) is 53.7 Å². The highest BCUT2D eigenvalue weighted by atomic mass is 32.1. The fourth-order valence-electron chi connectivity index (χ4n) is 8.30. The minimum Gasteiger partial charge on any atom is -0.310 e. The smallest absolute Gasteiger partial charge is 0.0547 e. The molecule has 0 spiro atoms. The highest BCUT2D eigenvalue weighted by Crippen LogP contribution is 2.43. The highest BCUT2D eigenvalue weighted by molar-refractivity contribution is 7.25. The van der Waals surface area contributed by atoms with Crippen molar-refractivity contribution < 1.29 is 0 Å². The van der Waals surface area contributed by atoms with Gasteiger partial charge in [0.2, 0.25) is 0 Å². The second-order valence-electron chi connectivity index (χ2n) is 14.2. The van der Waals surface area contributed by atoms with E-state index in [1.807, 2.05) is 11.3 Å². The summed E-state index contributed by atoms with van der Waals surface area (Å²) in [6.07, 6.45) is 0. The van der Waals surface area contributed by atoms with Gasteiger partial charge in [0.05, 0.1) is 11.0 Å². The first-order valence-corrected chi connectivity index (χ1v) is 19.6. The Morgan fingerprint density at radius 3 is 1.82 bits per heavy atom. The maximum atomic E-state index is 2.41. The zero-order chi connectivity index (χ0) is 36.3. The molecule has 0 amide bonds. The predicted octanol–water partition coefficient (Wildman–Crippen LogP) is 15.1. The molecular weight excluding hydrogens is 685 g/mol. The molecule has 0 saturated heterocycles. The Labute approximate surface area is 323 Å². The van der Waals surface area contributed by atoms with Gasteiger partial charge in [0.1, 0.15) is 0 Å². The lowest BCUT2D eigenvalue weighted by molar-refractivity contribution is 1.18. The van der Waals surface area contributed by atoms with E-state index >= 15 is 0 Å². The molecule has 11 aromatic rings. The first-order chi connectivity index (χ1) is 27.2. The molecule has 0 radical (unpaired) electrons. The first-order valence-electron chi connectivity index (χ1n) is 18.7. The normalized spacial score (nSPS) is 11.6. The van der Waals surface area contributed by atoms with Crippen molar-refractivity contribution in [1.82, 2.24) is 4.57 Å². The maximum absolute atomic E-state index is 2.41. The second kappa shape index (κ2) is 12.9. The van der Waals surface area contributed by atoms with Gasteiger partial charge in [-0.05, 0) is 99.8 Å². The number of aromatic nitrogens is 1. The Balaban J connectivity index is 1.06. The van der Waals surface area contributed by atoms with Gasteiger partial charge in [-0.25, -0.2) is 0 Å². The van der Waals surface area contributed by atoms with Crippen molar-refractivity contribution in [2.24, 2.45) is 0 Å². The number of rotatable bonds is 6. The van der Waals surface area contributed by atoms with Crippen LogP contribution in [0.4, 0.5) is 17.1 Å². The minimum absolute atomic E-state index is 1.12. The molecule has 0 N–H and O–H groups in total. The number of thiophene rings is 1. The standard InChI is InChI=1S/C52H34N2S/c1-2-11-35(12-3-1)37-21-25-41(26-22-37)54-49-19-8-6-17-45(49)46-29-24-40(33-50(46)54)39-15-10-16-42(32-39)53(43-27-23-36-13-4-5-14-38(36)31-43)44-28-30-48-47-18-7-9-20-51(47)55-52(48)34-44/h1-34H. The lowest BCUT2D eigenvalue weighted by Crippen LogP contribution is -2.10. The number of benzene rings is 9. The number of anilines is 3. The average Bonchev–Trinajstić information content (AvgIpc) is 3.79. The van der Waals surface area contributed by atoms with Crippen LogP contribution in [0.5, 0.6) is 0 Å². The summed E-state index contributed by atoms with van der Waals surface area (Å²) in [5.41, 5.74) is 11.7. The van der Waals surface area contributed by atoms with Crippen molar-refractivity contribution in [1.29, 1.82) is 0 Å². The fraction of sp³-hybridized carbons (Fsp3) is 0. The Bertz CT molecular complexity index is 3210. The van der Waals surface area contributed by atoms with E-state index in [2.05, 4.69) is 216 Å². The van der Waals surface area contributed by atoms with Crippen LogP contribution in [0.25, 0.3) is 80.7 Å². The van der Waals surface area contributed by atoms with Crippen molar-refractivity contribution >= 4 is 81.1 Å². The van der Waals surface area contributed by atoms with E-state index in [1.165, 1.54) is 75.0 Å². The number of para-hydroxylation sites is 1. The topological polar surface area (TPSA) is 8.17 Å². The lowest BCUT2D eigenvalue weighted by Gasteiger charge is -2.26. The molecule has 0 unspecified atom stereocenters. The average molecular weight is 719 g/mol. The van der Waals surface area contributed by atoms with Gasteiger partial charge in [0.15, 0.2) is 0 Å². The van der Waals surface area contributed by atoms with E-state index in [0.29, 0.717) is 0 Å². The number of nitrogens with zero attached hydrogens (tertiary/aromatic N) is 2. The van der Waals surface area contributed by atoms with Crippen LogP contribution < -0.4 is 4.90 Å². The molecule has 55 heavy (non-hydrogen) atoms. The molecule has 9 aromatic carbocycles. The summed E-state index contributed by atoms with van der Waals surface area (Å²) in [6, 6.07) is 75.3. The zero-order valence-electron chi connectivity index (χ0n) is 29.9. The van der Waals surface area contributed by atoms with Gasteiger partial charge in [-0.1, -0.05) is 140 Å². The molecule has 0 aliphatic heterocycles. The van der Waals surface area contributed by atoms with Crippen molar-refractivity contribution in [2.75, 3.05) is 4.90 Å². The summed E-state index contributed by atoms with van der Waals surface area (Å²) < 4.78 is 5.01. The Hall–Kier alpha value is -6.94. The van der Waals surface area contributed by atoms with E-state index in [1.54, 1.807) is 0 Å². The molecule has 0 fully saturated rings. The molecule has 0 aliphatic carbocycles. The summed E-state index contributed by atoms with van der Waals surface area (Å²) in [4.78, 5) is 2.41. The quantitative estimate of drug-likeness (QED) is 0.166. The van der Waals surface area contributed by atoms with E-state index < -0.39 is 0 Å².